The molecule has 23 heavy (non-hydrogen) atoms. The summed E-state index contributed by atoms with van der Waals surface area (Å²) in [4.78, 5) is 36.6. The highest BCUT2D eigenvalue weighted by Crippen LogP contribution is 2.34. The summed E-state index contributed by atoms with van der Waals surface area (Å²) < 4.78 is 5.18. The van der Waals surface area contributed by atoms with Gasteiger partial charge in [0.05, 0.1) is 7.11 Å². The molecule has 1 aromatic rings. The monoisotopic (exact) mass is 338 g/mol. The van der Waals surface area contributed by atoms with E-state index in [-0.39, 0.29) is 0 Å². The number of benzene rings is 1. The summed E-state index contributed by atoms with van der Waals surface area (Å²) in [7, 11) is 1.51. The number of rotatable bonds is 7. The molecule has 0 aliphatic carbocycles. The van der Waals surface area contributed by atoms with Gasteiger partial charge in [-0.15, -0.1) is 0 Å². The minimum Gasteiger partial charge on any atom is -0.497 e. The van der Waals surface area contributed by atoms with Crippen molar-refractivity contribution in [3.8, 4) is 5.75 Å². The van der Waals surface area contributed by atoms with Crippen molar-refractivity contribution in [2.24, 2.45) is 0 Å². The van der Waals surface area contributed by atoms with Crippen molar-refractivity contribution in [2.45, 2.75) is 12.5 Å². The van der Waals surface area contributed by atoms with Crippen LogP contribution in [0.15, 0.2) is 24.3 Å². The molecule has 0 aromatic heterocycles. The highest BCUT2D eigenvalue weighted by atomic mass is 32.2. The van der Waals surface area contributed by atoms with Gasteiger partial charge in [-0.3, -0.25) is 14.5 Å². The number of nitrogens with one attached hydrogen (secondary N) is 1. The van der Waals surface area contributed by atoms with Crippen LogP contribution >= 0.6 is 11.8 Å². The molecule has 1 fully saturated rings. The van der Waals surface area contributed by atoms with E-state index in [0.717, 1.165) is 10.7 Å². The molecule has 1 aliphatic heterocycles. The van der Waals surface area contributed by atoms with Gasteiger partial charge in [-0.25, -0.2) is 4.79 Å². The van der Waals surface area contributed by atoms with E-state index < -0.39 is 30.0 Å². The molecule has 0 saturated carbocycles. The summed E-state index contributed by atoms with van der Waals surface area (Å²) in [6, 6.07) is 6.17. The highest BCUT2D eigenvalue weighted by molar-refractivity contribution is 7.99. The van der Waals surface area contributed by atoms with Gasteiger partial charge in [-0.05, 0) is 23.4 Å². The van der Waals surface area contributed by atoms with Crippen LogP contribution < -0.4 is 10.1 Å². The minimum absolute atomic E-state index is 0.317. The zero-order chi connectivity index (χ0) is 17.0. The number of nitrogens with zero attached hydrogens (tertiary/aromatic N) is 1. The van der Waals surface area contributed by atoms with Crippen molar-refractivity contribution in [3.63, 3.8) is 0 Å². The maximum atomic E-state index is 12.8. The van der Waals surface area contributed by atoms with Gasteiger partial charge in [0.2, 0.25) is 0 Å². The number of hydrogen-bond acceptors (Lipinski definition) is 5. The Morgan fingerprint density at radius 3 is 2.78 bits per heavy atom. The molecule has 0 radical (unpaired) electrons. The molecule has 1 aliphatic rings. The van der Waals surface area contributed by atoms with E-state index in [2.05, 4.69) is 5.32 Å². The van der Waals surface area contributed by atoms with Gasteiger partial charge >= 0.3 is 12.0 Å². The second kappa shape index (κ2) is 6.91. The predicted molar refractivity (Wildman–Crippen MR) is 85.6 cm³/mol. The lowest BCUT2D eigenvalue weighted by Gasteiger charge is -2.27. The maximum absolute atomic E-state index is 12.8. The summed E-state index contributed by atoms with van der Waals surface area (Å²) >= 11 is 1.49. The summed E-state index contributed by atoms with van der Waals surface area (Å²) in [6.45, 7) is 1.29. The number of imide groups is 1. The Morgan fingerprint density at radius 1 is 1.43 bits per heavy atom. The topological polar surface area (TPSA) is 95.9 Å². The van der Waals surface area contributed by atoms with Crippen LogP contribution in [-0.4, -0.2) is 53.1 Å². The number of carboxylic acids is 1. The number of amides is 3. The van der Waals surface area contributed by atoms with Gasteiger partial charge < -0.3 is 15.2 Å². The normalized spacial score (nSPS) is 20.5. The SMILES string of the molecule is CCSCC1(c2cccc(OC)c2)NC(=O)N(CC(=O)O)C1=O. The summed E-state index contributed by atoms with van der Waals surface area (Å²) in [5, 5.41) is 11.6. The van der Waals surface area contributed by atoms with Crippen LogP contribution in [0.5, 0.6) is 5.75 Å². The van der Waals surface area contributed by atoms with Crippen molar-refractivity contribution >= 4 is 29.7 Å². The molecule has 1 saturated heterocycles. The number of carbonyl (C=O) groups excluding carboxylic acids is 2. The number of hydrogen-bond donors (Lipinski definition) is 2. The Labute approximate surface area is 138 Å². The van der Waals surface area contributed by atoms with Crippen LogP contribution in [0.2, 0.25) is 0 Å². The maximum Gasteiger partial charge on any atom is 0.325 e. The molecule has 7 nitrogen and oxygen atoms in total. The molecule has 1 aromatic carbocycles. The molecule has 1 atom stereocenters. The number of aliphatic carboxylic acids is 1. The number of urea groups is 1. The van der Waals surface area contributed by atoms with E-state index in [4.69, 9.17) is 9.84 Å². The number of ether oxygens (including phenoxy) is 1. The van der Waals surface area contributed by atoms with Crippen LogP contribution in [0.3, 0.4) is 0 Å². The Morgan fingerprint density at radius 2 is 2.17 bits per heavy atom. The number of carboxylic acid groups (broad SMARTS) is 1. The minimum atomic E-state index is -1.28. The molecule has 2 rings (SSSR count). The summed E-state index contributed by atoms with van der Waals surface area (Å²) in [5.74, 6) is -0.162. The highest BCUT2D eigenvalue weighted by Gasteiger charge is 2.52. The first-order valence-corrected chi connectivity index (χ1v) is 8.18. The van der Waals surface area contributed by atoms with Gasteiger partial charge in [-0.1, -0.05) is 19.1 Å². The molecule has 1 unspecified atom stereocenters. The average Bonchev–Trinajstić information content (AvgIpc) is 2.78. The number of methoxy groups -OCH3 is 1. The lowest BCUT2D eigenvalue weighted by atomic mass is 9.91. The van der Waals surface area contributed by atoms with E-state index in [1.165, 1.54) is 18.9 Å². The molecule has 1 heterocycles. The van der Waals surface area contributed by atoms with Gasteiger partial charge in [0.1, 0.15) is 12.3 Å². The van der Waals surface area contributed by atoms with Gasteiger partial charge in [0.25, 0.3) is 5.91 Å². The molecule has 3 amide bonds. The van der Waals surface area contributed by atoms with Crippen molar-refractivity contribution in [3.05, 3.63) is 29.8 Å². The largest absolute Gasteiger partial charge is 0.497 e. The van der Waals surface area contributed by atoms with Crippen molar-refractivity contribution in [1.29, 1.82) is 0 Å². The third-order valence-corrected chi connectivity index (χ3v) is 4.60. The first kappa shape index (κ1) is 17.1. The fourth-order valence-corrected chi connectivity index (χ4v) is 3.30. The van der Waals surface area contributed by atoms with Crippen LogP contribution in [0, 0.1) is 0 Å². The van der Waals surface area contributed by atoms with E-state index in [9.17, 15) is 14.4 Å². The first-order valence-electron chi connectivity index (χ1n) is 7.02. The van der Waals surface area contributed by atoms with Crippen LogP contribution in [0.1, 0.15) is 12.5 Å². The van der Waals surface area contributed by atoms with E-state index in [1.54, 1.807) is 24.3 Å². The van der Waals surface area contributed by atoms with Crippen LogP contribution in [0.25, 0.3) is 0 Å². The Hall–Kier alpha value is -2.22. The molecule has 2 N–H and O–H groups in total. The second-order valence-electron chi connectivity index (χ2n) is 4.99. The Balaban J connectivity index is 2.45. The van der Waals surface area contributed by atoms with Crippen LogP contribution in [0.4, 0.5) is 4.79 Å². The predicted octanol–water partition coefficient (Wildman–Crippen LogP) is 1.28. The standard InChI is InChI=1S/C15H18N2O5S/c1-3-23-9-15(10-5-4-6-11(7-10)22-2)13(20)17(8-12(18)19)14(21)16-15/h4-7H,3,8-9H2,1-2H3,(H,16,21)(H,18,19). The van der Waals surface area contributed by atoms with Gasteiger partial charge in [0, 0.05) is 5.75 Å². The molecular formula is C15H18N2O5S. The zero-order valence-corrected chi connectivity index (χ0v) is 13.7. The summed E-state index contributed by atoms with van der Waals surface area (Å²) in [6.07, 6.45) is 0. The molecule has 8 heteroatoms. The van der Waals surface area contributed by atoms with Crippen LogP contribution in [-0.2, 0) is 15.1 Å². The van der Waals surface area contributed by atoms with Gasteiger partial charge in [0.15, 0.2) is 5.54 Å². The molecule has 124 valence electrons. The number of thioether (sulfide) groups is 1. The third kappa shape index (κ3) is 3.26. The lowest BCUT2D eigenvalue weighted by molar-refractivity contribution is -0.142. The molecular weight excluding hydrogens is 320 g/mol. The third-order valence-electron chi connectivity index (χ3n) is 3.55. The second-order valence-corrected chi connectivity index (χ2v) is 6.26. The lowest BCUT2D eigenvalue weighted by Crippen LogP contribution is -2.46. The van der Waals surface area contributed by atoms with Gasteiger partial charge in [-0.2, -0.15) is 11.8 Å². The fourth-order valence-electron chi connectivity index (χ4n) is 2.43. The van der Waals surface area contributed by atoms with E-state index in [0.29, 0.717) is 17.1 Å². The quantitative estimate of drug-likeness (QED) is 0.727. The zero-order valence-electron chi connectivity index (χ0n) is 12.9. The number of carbonyl (C=O) groups is 3. The Bertz CT molecular complexity index is 636. The average molecular weight is 338 g/mol. The molecule has 0 spiro atoms. The molecule has 0 bridgehead atoms. The van der Waals surface area contributed by atoms with E-state index >= 15 is 0 Å². The summed E-state index contributed by atoms with van der Waals surface area (Å²) in [5.41, 5.74) is -0.703. The first-order chi connectivity index (χ1) is 10.9. The van der Waals surface area contributed by atoms with Crippen molar-refractivity contribution < 1.29 is 24.2 Å². The smallest absolute Gasteiger partial charge is 0.325 e. The Kier molecular flexibility index (Phi) is 5.15. The fraction of sp³-hybridized carbons (Fsp3) is 0.400. The van der Waals surface area contributed by atoms with Crippen molar-refractivity contribution in [1.82, 2.24) is 10.2 Å². The van der Waals surface area contributed by atoms with E-state index in [1.807, 2.05) is 6.92 Å². The van der Waals surface area contributed by atoms with Crippen molar-refractivity contribution in [2.75, 3.05) is 25.2 Å².